The van der Waals surface area contributed by atoms with Crippen LogP contribution >= 0.6 is 0 Å². The molecule has 3 aromatic rings. The lowest BCUT2D eigenvalue weighted by molar-refractivity contribution is -0.274. The molecular weight excluding hydrogens is 447 g/mol. The number of nitrogens with one attached hydrogen (secondary N) is 1. The van der Waals surface area contributed by atoms with Crippen LogP contribution in [0.25, 0.3) is 11.1 Å². The first kappa shape index (κ1) is 21.5. The molecular formula is C21H16F3N3O4S. The Hall–Kier alpha value is -3.73. The first-order chi connectivity index (χ1) is 15.0. The molecule has 0 unspecified atom stereocenters. The van der Waals surface area contributed by atoms with Crippen LogP contribution < -0.4 is 19.9 Å². The second-order valence-corrected chi connectivity index (χ2v) is 8.68. The van der Waals surface area contributed by atoms with Crippen molar-refractivity contribution < 1.29 is 31.1 Å². The van der Waals surface area contributed by atoms with Crippen LogP contribution in [-0.4, -0.2) is 27.3 Å². The highest BCUT2D eigenvalue weighted by molar-refractivity contribution is 7.92. The van der Waals surface area contributed by atoms with Crippen LogP contribution in [0.5, 0.6) is 17.2 Å². The molecule has 7 nitrogen and oxygen atoms in total. The molecule has 32 heavy (non-hydrogen) atoms. The number of rotatable bonds is 4. The van der Waals surface area contributed by atoms with Crippen LogP contribution in [0, 0.1) is 0 Å². The van der Waals surface area contributed by atoms with Crippen molar-refractivity contribution in [2.24, 2.45) is 4.99 Å². The van der Waals surface area contributed by atoms with Crippen molar-refractivity contribution in [3.05, 3.63) is 60.2 Å². The molecule has 0 radical (unpaired) electrons. The number of aliphatic imine (C=N–C) groups is 1. The highest BCUT2D eigenvalue weighted by atomic mass is 32.2. The Balaban J connectivity index is 1.71. The minimum atomic E-state index is -4.83. The van der Waals surface area contributed by atoms with Crippen LogP contribution in [0.15, 0.2) is 59.6 Å². The average molecular weight is 463 g/mol. The van der Waals surface area contributed by atoms with E-state index in [1.807, 2.05) is 0 Å². The quantitative estimate of drug-likeness (QED) is 0.412. The summed E-state index contributed by atoms with van der Waals surface area (Å²) < 4.78 is 72.7. The Morgan fingerprint density at radius 3 is 2.53 bits per heavy atom. The third kappa shape index (κ3) is 4.78. The molecule has 0 aliphatic carbocycles. The first-order valence-electron chi connectivity index (χ1n) is 9.11. The number of fused-ring (bicyclic) bond motifs is 2. The zero-order valence-electron chi connectivity index (χ0n) is 16.5. The zero-order valence-corrected chi connectivity index (χ0v) is 17.3. The summed E-state index contributed by atoms with van der Waals surface area (Å²) in [6.07, 6.45) is -2.38. The Morgan fingerprint density at radius 2 is 1.81 bits per heavy atom. The lowest BCUT2D eigenvalue weighted by atomic mass is 9.99. The number of nitrogens with zero attached hydrogens (tertiary/aromatic N) is 1. The number of alkyl halides is 3. The van der Waals surface area contributed by atoms with Crippen molar-refractivity contribution in [2.45, 2.75) is 6.36 Å². The molecule has 0 saturated heterocycles. The summed E-state index contributed by atoms with van der Waals surface area (Å²) in [6.45, 7) is 0. The van der Waals surface area contributed by atoms with Crippen molar-refractivity contribution >= 4 is 33.3 Å². The second-order valence-electron chi connectivity index (χ2n) is 6.93. The first-order valence-corrected chi connectivity index (χ1v) is 11.0. The number of sulfonamides is 1. The molecule has 0 saturated carbocycles. The predicted molar refractivity (Wildman–Crippen MR) is 115 cm³/mol. The fraction of sp³-hybridized carbons (Fsp3) is 0.0952. The van der Waals surface area contributed by atoms with Crippen molar-refractivity contribution in [3.63, 3.8) is 0 Å². The molecule has 0 amide bonds. The molecule has 3 aromatic carbocycles. The van der Waals surface area contributed by atoms with Gasteiger partial charge < -0.3 is 15.2 Å². The van der Waals surface area contributed by atoms with Gasteiger partial charge >= 0.3 is 6.36 Å². The molecule has 0 atom stereocenters. The molecule has 1 heterocycles. The van der Waals surface area contributed by atoms with Crippen LogP contribution in [0.3, 0.4) is 0 Å². The van der Waals surface area contributed by atoms with Gasteiger partial charge in [-0.25, -0.2) is 8.42 Å². The maximum Gasteiger partial charge on any atom is 0.573 e. The van der Waals surface area contributed by atoms with Gasteiger partial charge in [0.25, 0.3) is 0 Å². The maximum atomic E-state index is 12.5. The van der Waals surface area contributed by atoms with Gasteiger partial charge in [0.15, 0.2) is 5.75 Å². The summed E-state index contributed by atoms with van der Waals surface area (Å²) in [4.78, 5) is 4.21. The normalized spacial score (nSPS) is 12.9. The van der Waals surface area contributed by atoms with Gasteiger partial charge in [-0.1, -0.05) is 12.1 Å². The van der Waals surface area contributed by atoms with E-state index in [1.54, 1.807) is 36.4 Å². The molecule has 0 fully saturated rings. The lowest BCUT2D eigenvalue weighted by Gasteiger charge is -2.14. The van der Waals surface area contributed by atoms with Gasteiger partial charge in [0.1, 0.15) is 17.2 Å². The lowest BCUT2D eigenvalue weighted by Crippen LogP contribution is -2.16. The van der Waals surface area contributed by atoms with Crippen molar-refractivity contribution in [1.29, 1.82) is 0 Å². The number of hydrogen-bond acceptors (Lipinski definition) is 6. The van der Waals surface area contributed by atoms with E-state index in [0.717, 1.165) is 18.4 Å². The molecule has 1 aliphatic rings. The average Bonchev–Trinajstić information content (AvgIpc) is 2.85. The van der Waals surface area contributed by atoms with Gasteiger partial charge in [-0.05, 0) is 42.0 Å². The minimum Gasteiger partial charge on any atom is -0.454 e. The number of ether oxygens (including phenoxy) is 2. The number of anilines is 2. The third-order valence-corrected chi connectivity index (χ3v) is 5.05. The summed E-state index contributed by atoms with van der Waals surface area (Å²) in [6, 6.07) is 13.6. The summed E-state index contributed by atoms with van der Waals surface area (Å²) in [7, 11) is -3.45. The van der Waals surface area contributed by atoms with Crippen LogP contribution in [0.2, 0.25) is 0 Å². The standard InChI is InChI=1S/C21H16F3N3O4S/c1-32(28,29)27-13-4-2-3-12(9-13)15-6-8-18-16(20(15)25)11-26-17-10-14(31-21(22,23)24)5-7-19(17)30-18/h2-11,27H,25H2,1H3. The molecule has 0 spiro atoms. The fourth-order valence-electron chi connectivity index (χ4n) is 3.19. The molecule has 3 N–H and O–H groups in total. The van der Waals surface area contributed by atoms with E-state index in [0.29, 0.717) is 33.8 Å². The molecule has 0 aromatic heterocycles. The Kier molecular flexibility index (Phi) is 5.21. The van der Waals surface area contributed by atoms with Crippen molar-refractivity contribution in [1.82, 2.24) is 0 Å². The summed E-state index contributed by atoms with van der Waals surface area (Å²) in [5.41, 5.74) is 8.84. The van der Waals surface area contributed by atoms with Crippen LogP contribution in [-0.2, 0) is 10.0 Å². The number of nitrogen functional groups attached to an aromatic ring is 1. The highest BCUT2D eigenvalue weighted by Crippen LogP contribution is 2.42. The highest BCUT2D eigenvalue weighted by Gasteiger charge is 2.31. The van der Waals surface area contributed by atoms with Crippen LogP contribution in [0.1, 0.15) is 5.56 Å². The minimum absolute atomic E-state index is 0.142. The van der Waals surface area contributed by atoms with E-state index in [1.165, 1.54) is 12.3 Å². The fourth-order valence-corrected chi connectivity index (χ4v) is 3.74. The molecule has 1 aliphatic heterocycles. The van der Waals surface area contributed by atoms with E-state index in [2.05, 4.69) is 14.5 Å². The molecule has 0 bridgehead atoms. The number of halogens is 3. The molecule has 4 rings (SSSR count). The van der Waals surface area contributed by atoms with E-state index in [9.17, 15) is 21.6 Å². The van der Waals surface area contributed by atoms with Gasteiger partial charge in [-0.2, -0.15) is 0 Å². The van der Waals surface area contributed by atoms with E-state index in [4.69, 9.17) is 10.5 Å². The van der Waals surface area contributed by atoms with Gasteiger partial charge in [-0.3, -0.25) is 9.71 Å². The largest absolute Gasteiger partial charge is 0.573 e. The van der Waals surface area contributed by atoms with Gasteiger partial charge in [0.05, 0.1) is 17.5 Å². The SMILES string of the molecule is CS(=O)(=O)Nc1cccc(-c2ccc3c(c2N)C=Nc2cc(OC(F)(F)F)ccc2O3)c1. The van der Waals surface area contributed by atoms with E-state index < -0.39 is 22.1 Å². The zero-order chi connectivity index (χ0) is 23.1. The second kappa shape index (κ2) is 7.75. The molecule has 11 heteroatoms. The Bertz CT molecular complexity index is 1340. The van der Waals surface area contributed by atoms with Crippen molar-refractivity contribution in [2.75, 3.05) is 16.7 Å². The topological polar surface area (TPSA) is 103 Å². The number of hydrogen-bond donors (Lipinski definition) is 2. The summed E-state index contributed by atoms with van der Waals surface area (Å²) >= 11 is 0. The van der Waals surface area contributed by atoms with Gasteiger partial charge in [0.2, 0.25) is 10.0 Å². The van der Waals surface area contributed by atoms with E-state index in [-0.39, 0.29) is 11.4 Å². The summed E-state index contributed by atoms with van der Waals surface area (Å²) in [5.74, 6) is 0.177. The van der Waals surface area contributed by atoms with Gasteiger partial charge in [0, 0.05) is 23.5 Å². The maximum absolute atomic E-state index is 12.5. The monoisotopic (exact) mass is 463 g/mol. The van der Waals surface area contributed by atoms with Crippen LogP contribution in [0.4, 0.5) is 30.2 Å². The smallest absolute Gasteiger partial charge is 0.454 e. The van der Waals surface area contributed by atoms with Gasteiger partial charge in [-0.15, -0.1) is 13.2 Å². The number of nitrogens with two attached hydrogens (primary N) is 1. The van der Waals surface area contributed by atoms with E-state index >= 15 is 0 Å². The predicted octanol–water partition coefficient (Wildman–Crippen LogP) is 5.06. The Labute approximate surface area is 181 Å². The Morgan fingerprint density at radius 1 is 1.06 bits per heavy atom. The molecule has 166 valence electrons. The number of benzene rings is 3. The third-order valence-electron chi connectivity index (χ3n) is 4.44. The van der Waals surface area contributed by atoms with Crippen molar-refractivity contribution in [3.8, 4) is 28.4 Å². The summed E-state index contributed by atoms with van der Waals surface area (Å²) in [5, 5.41) is 0.